The molecule has 146 valence electrons. The van der Waals surface area contributed by atoms with Gasteiger partial charge in [0.1, 0.15) is 0 Å². The molecule has 0 radical (unpaired) electrons. The zero-order chi connectivity index (χ0) is 20.0. The average molecular weight is 392 g/mol. The second kappa shape index (κ2) is 8.77. The van der Waals surface area contributed by atoms with E-state index in [2.05, 4.69) is 5.32 Å². The number of anilines is 2. The van der Waals surface area contributed by atoms with E-state index in [1.54, 1.807) is 36.4 Å². The summed E-state index contributed by atoms with van der Waals surface area (Å²) in [5, 5.41) is 2.74. The highest BCUT2D eigenvalue weighted by Crippen LogP contribution is 2.29. The van der Waals surface area contributed by atoms with Crippen molar-refractivity contribution in [3.63, 3.8) is 0 Å². The third kappa shape index (κ3) is 5.62. The standard InChI is InChI=1S/C19H24N2O5S/c1-14-6-5-7-16(12-14)21(27(4,23)24)11-10-19(22)20-15-8-9-17(25-2)18(13-15)26-3/h5-9,12-13H,10-11H2,1-4H3,(H,20,22). The van der Waals surface area contributed by atoms with Crippen LogP contribution in [0.4, 0.5) is 11.4 Å². The summed E-state index contributed by atoms with van der Waals surface area (Å²) in [5.41, 5.74) is 2.02. The van der Waals surface area contributed by atoms with E-state index in [0.717, 1.165) is 11.8 Å². The van der Waals surface area contributed by atoms with E-state index in [0.29, 0.717) is 22.9 Å². The van der Waals surface area contributed by atoms with Crippen molar-refractivity contribution in [1.82, 2.24) is 0 Å². The summed E-state index contributed by atoms with van der Waals surface area (Å²) in [4.78, 5) is 12.3. The Labute approximate surface area is 160 Å². The first-order chi connectivity index (χ1) is 12.7. The van der Waals surface area contributed by atoms with Gasteiger partial charge in [-0.25, -0.2) is 8.42 Å². The summed E-state index contributed by atoms with van der Waals surface area (Å²) in [6, 6.07) is 12.2. The fraction of sp³-hybridized carbons (Fsp3) is 0.316. The van der Waals surface area contributed by atoms with Crippen LogP contribution >= 0.6 is 0 Å². The predicted octanol–water partition coefficient (Wildman–Crippen LogP) is 2.81. The fourth-order valence-corrected chi connectivity index (χ4v) is 3.53. The monoisotopic (exact) mass is 392 g/mol. The fourth-order valence-electron chi connectivity index (χ4n) is 2.61. The zero-order valence-corrected chi connectivity index (χ0v) is 16.7. The molecule has 1 amide bonds. The SMILES string of the molecule is COc1ccc(NC(=O)CCN(c2cccc(C)c2)S(C)(=O)=O)cc1OC. The Balaban J connectivity index is 2.08. The van der Waals surface area contributed by atoms with Crippen molar-refractivity contribution in [2.24, 2.45) is 0 Å². The van der Waals surface area contributed by atoms with Crippen LogP contribution in [0.5, 0.6) is 11.5 Å². The molecule has 0 spiro atoms. The minimum Gasteiger partial charge on any atom is -0.493 e. The van der Waals surface area contributed by atoms with Gasteiger partial charge in [-0.3, -0.25) is 9.10 Å². The number of nitrogens with one attached hydrogen (secondary N) is 1. The number of aryl methyl sites for hydroxylation is 1. The lowest BCUT2D eigenvalue weighted by Crippen LogP contribution is -2.33. The van der Waals surface area contributed by atoms with Crippen molar-refractivity contribution >= 4 is 27.3 Å². The van der Waals surface area contributed by atoms with Crippen molar-refractivity contribution in [2.75, 3.05) is 36.6 Å². The van der Waals surface area contributed by atoms with Crippen LogP contribution in [0, 0.1) is 6.92 Å². The normalized spacial score (nSPS) is 11.0. The highest BCUT2D eigenvalue weighted by Gasteiger charge is 2.19. The van der Waals surface area contributed by atoms with E-state index in [1.807, 2.05) is 13.0 Å². The number of methoxy groups -OCH3 is 2. The summed E-state index contributed by atoms with van der Waals surface area (Å²) < 4.78 is 35.9. The van der Waals surface area contributed by atoms with Crippen molar-refractivity contribution in [3.05, 3.63) is 48.0 Å². The van der Waals surface area contributed by atoms with Crippen molar-refractivity contribution in [3.8, 4) is 11.5 Å². The molecule has 0 bridgehead atoms. The largest absolute Gasteiger partial charge is 0.493 e. The predicted molar refractivity (Wildman–Crippen MR) is 106 cm³/mol. The average Bonchev–Trinajstić information content (AvgIpc) is 2.60. The molecule has 0 aromatic heterocycles. The van der Waals surface area contributed by atoms with Gasteiger partial charge in [0, 0.05) is 24.7 Å². The van der Waals surface area contributed by atoms with Gasteiger partial charge in [-0.1, -0.05) is 12.1 Å². The maximum Gasteiger partial charge on any atom is 0.232 e. The van der Waals surface area contributed by atoms with E-state index in [4.69, 9.17) is 9.47 Å². The Bertz CT molecular complexity index is 912. The van der Waals surface area contributed by atoms with E-state index >= 15 is 0 Å². The molecular formula is C19H24N2O5S. The van der Waals surface area contributed by atoms with Gasteiger partial charge in [0.05, 0.1) is 26.2 Å². The molecule has 2 aromatic rings. The number of carbonyl (C=O) groups is 1. The van der Waals surface area contributed by atoms with Gasteiger partial charge < -0.3 is 14.8 Å². The van der Waals surface area contributed by atoms with Crippen LogP contribution in [0.15, 0.2) is 42.5 Å². The van der Waals surface area contributed by atoms with Gasteiger partial charge in [0.2, 0.25) is 15.9 Å². The molecule has 0 saturated carbocycles. The van der Waals surface area contributed by atoms with Crippen LogP contribution in [0.25, 0.3) is 0 Å². The number of sulfonamides is 1. The smallest absolute Gasteiger partial charge is 0.232 e. The maximum atomic E-state index is 12.3. The minimum absolute atomic E-state index is 0.00928. The van der Waals surface area contributed by atoms with Gasteiger partial charge in [-0.2, -0.15) is 0 Å². The molecule has 7 nitrogen and oxygen atoms in total. The molecule has 27 heavy (non-hydrogen) atoms. The van der Waals surface area contributed by atoms with Crippen LogP contribution in [0.1, 0.15) is 12.0 Å². The van der Waals surface area contributed by atoms with Crippen LogP contribution in [0.3, 0.4) is 0 Å². The molecule has 8 heteroatoms. The molecule has 1 N–H and O–H groups in total. The molecule has 2 aromatic carbocycles. The summed E-state index contributed by atoms with van der Waals surface area (Å²) in [6.45, 7) is 1.93. The quantitative estimate of drug-likeness (QED) is 0.747. The highest BCUT2D eigenvalue weighted by atomic mass is 32.2. The summed E-state index contributed by atoms with van der Waals surface area (Å²) >= 11 is 0. The first kappa shape index (κ1) is 20.6. The molecule has 0 unspecified atom stereocenters. The van der Waals surface area contributed by atoms with Gasteiger partial charge in [0.25, 0.3) is 0 Å². The first-order valence-corrected chi connectivity index (χ1v) is 10.2. The number of ether oxygens (including phenoxy) is 2. The van der Waals surface area contributed by atoms with Gasteiger partial charge >= 0.3 is 0 Å². The van der Waals surface area contributed by atoms with Crippen molar-refractivity contribution in [1.29, 1.82) is 0 Å². The van der Waals surface area contributed by atoms with Gasteiger partial charge in [-0.05, 0) is 36.8 Å². The number of rotatable bonds is 8. The van der Waals surface area contributed by atoms with Gasteiger partial charge in [0.15, 0.2) is 11.5 Å². The highest BCUT2D eigenvalue weighted by molar-refractivity contribution is 7.92. The number of carbonyl (C=O) groups excluding carboxylic acids is 1. The first-order valence-electron chi connectivity index (χ1n) is 8.31. The molecule has 0 aliphatic carbocycles. The van der Waals surface area contributed by atoms with Crippen molar-refractivity contribution in [2.45, 2.75) is 13.3 Å². The molecule has 0 aliphatic heterocycles. The van der Waals surface area contributed by atoms with Crippen LogP contribution < -0.4 is 19.1 Å². The Hall–Kier alpha value is -2.74. The molecule has 0 aliphatic rings. The zero-order valence-electron chi connectivity index (χ0n) is 15.9. The lowest BCUT2D eigenvalue weighted by atomic mass is 10.2. The second-order valence-electron chi connectivity index (χ2n) is 6.04. The Morgan fingerprint density at radius 1 is 1.07 bits per heavy atom. The number of nitrogens with zero attached hydrogens (tertiary/aromatic N) is 1. The number of hydrogen-bond acceptors (Lipinski definition) is 5. The third-order valence-electron chi connectivity index (χ3n) is 3.90. The second-order valence-corrected chi connectivity index (χ2v) is 7.95. The Morgan fingerprint density at radius 2 is 1.78 bits per heavy atom. The molecule has 0 heterocycles. The molecule has 0 fully saturated rings. The summed E-state index contributed by atoms with van der Waals surface area (Å²) in [6.07, 6.45) is 1.14. The van der Waals surface area contributed by atoms with Crippen LogP contribution in [-0.4, -0.2) is 41.3 Å². The molecule has 2 rings (SSSR count). The van der Waals surface area contributed by atoms with Gasteiger partial charge in [-0.15, -0.1) is 0 Å². The van der Waals surface area contributed by atoms with E-state index in [9.17, 15) is 13.2 Å². The van der Waals surface area contributed by atoms with E-state index < -0.39 is 10.0 Å². The lowest BCUT2D eigenvalue weighted by molar-refractivity contribution is -0.116. The Kier molecular flexibility index (Phi) is 6.68. The van der Waals surface area contributed by atoms with Crippen LogP contribution in [-0.2, 0) is 14.8 Å². The molecule has 0 saturated heterocycles. The molecular weight excluding hydrogens is 368 g/mol. The third-order valence-corrected chi connectivity index (χ3v) is 5.09. The van der Waals surface area contributed by atoms with E-state index in [1.165, 1.54) is 18.5 Å². The van der Waals surface area contributed by atoms with Crippen molar-refractivity contribution < 1.29 is 22.7 Å². The number of benzene rings is 2. The maximum absolute atomic E-state index is 12.3. The Morgan fingerprint density at radius 3 is 2.37 bits per heavy atom. The summed E-state index contributed by atoms with van der Waals surface area (Å²) in [5.74, 6) is 0.745. The van der Waals surface area contributed by atoms with Crippen LogP contribution in [0.2, 0.25) is 0 Å². The number of amides is 1. The lowest BCUT2D eigenvalue weighted by Gasteiger charge is -2.22. The number of hydrogen-bond donors (Lipinski definition) is 1. The van der Waals surface area contributed by atoms with E-state index in [-0.39, 0.29) is 18.9 Å². The topological polar surface area (TPSA) is 84.9 Å². The minimum atomic E-state index is -3.51. The molecule has 0 atom stereocenters. The summed E-state index contributed by atoms with van der Waals surface area (Å²) in [7, 11) is -0.468.